The number of aromatic amines is 1. The van der Waals surface area contributed by atoms with E-state index in [0.29, 0.717) is 34.3 Å². The summed E-state index contributed by atoms with van der Waals surface area (Å²) >= 11 is 0. The molecule has 0 bridgehead atoms. The fraction of sp³-hybridized carbons (Fsp3) is 0. The maximum absolute atomic E-state index is 13.0. The zero-order chi connectivity index (χ0) is 18.6. The Bertz CT molecular complexity index is 1060. The number of nitrogens with zero attached hydrogens (tertiary/aromatic N) is 2. The molecule has 7 nitrogen and oxygen atoms in total. The van der Waals surface area contributed by atoms with Crippen LogP contribution in [-0.2, 0) is 0 Å². The highest BCUT2D eigenvalue weighted by molar-refractivity contribution is 6.02. The summed E-state index contributed by atoms with van der Waals surface area (Å²) in [4.78, 5) is 16.7. The van der Waals surface area contributed by atoms with E-state index in [2.05, 4.69) is 25.8 Å². The molecule has 2 heterocycles. The van der Waals surface area contributed by atoms with Gasteiger partial charge in [0.1, 0.15) is 5.82 Å². The van der Waals surface area contributed by atoms with E-state index in [4.69, 9.17) is 4.42 Å². The van der Waals surface area contributed by atoms with Crippen LogP contribution in [0.15, 0.2) is 71.3 Å². The molecule has 0 saturated carbocycles. The number of anilines is 2. The second-order valence-corrected chi connectivity index (χ2v) is 5.62. The van der Waals surface area contributed by atoms with Gasteiger partial charge in [0.2, 0.25) is 0 Å². The number of carbonyl (C=O) groups excluding carboxylic acids is 1. The monoisotopic (exact) mass is 363 g/mol. The molecule has 0 aliphatic rings. The van der Waals surface area contributed by atoms with Crippen molar-refractivity contribution in [2.75, 3.05) is 10.6 Å². The maximum atomic E-state index is 13.0. The zero-order valence-electron chi connectivity index (χ0n) is 13.9. The number of carbonyl (C=O) groups is 1. The Kier molecular flexibility index (Phi) is 4.36. The Hall–Kier alpha value is -3.94. The standard InChI is InChI=1S/C19H14FN5O2/c20-12-7-9-13(10-8-12)21-19(26)22-15-5-2-1-4-14(15)17-23-18(25-24-17)16-6-3-11-27-16/h1-11H,(H2,21,22,26)(H,23,24,25). The molecule has 2 aromatic heterocycles. The molecule has 8 heteroatoms. The molecule has 0 radical (unpaired) electrons. The summed E-state index contributed by atoms with van der Waals surface area (Å²) < 4.78 is 18.3. The van der Waals surface area contributed by atoms with Gasteiger partial charge in [-0.05, 0) is 48.5 Å². The second-order valence-electron chi connectivity index (χ2n) is 5.62. The largest absolute Gasteiger partial charge is 0.461 e. The first-order valence-corrected chi connectivity index (χ1v) is 8.08. The minimum atomic E-state index is -0.462. The van der Waals surface area contributed by atoms with Gasteiger partial charge in [-0.25, -0.2) is 14.2 Å². The van der Waals surface area contributed by atoms with Crippen molar-refractivity contribution in [1.29, 1.82) is 0 Å². The highest BCUT2D eigenvalue weighted by Gasteiger charge is 2.14. The quantitative estimate of drug-likeness (QED) is 0.497. The number of para-hydroxylation sites is 1. The van der Waals surface area contributed by atoms with Crippen molar-refractivity contribution in [2.24, 2.45) is 0 Å². The lowest BCUT2D eigenvalue weighted by Crippen LogP contribution is -2.19. The van der Waals surface area contributed by atoms with Crippen molar-refractivity contribution in [3.63, 3.8) is 0 Å². The van der Waals surface area contributed by atoms with Crippen molar-refractivity contribution in [3.8, 4) is 23.0 Å². The first-order valence-electron chi connectivity index (χ1n) is 8.08. The van der Waals surface area contributed by atoms with E-state index < -0.39 is 6.03 Å². The number of benzene rings is 2. The number of hydrogen-bond donors (Lipinski definition) is 3. The number of H-pyrrole nitrogens is 1. The molecule has 3 N–H and O–H groups in total. The van der Waals surface area contributed by atoms with E-state index in [9.17, 15) is 9.18 Å². The van der Waals surface area contributed by atoms with Gasteiger partial charge in [-0.3, -0.25) is 5.10 Å². The van der Waals surface area contributed by atoms with Crippen molar-refractivity contribution in [2.45, 2.75) is 0 Å². The van der Waals surface area contributed by atoms with Gasteiger partial charge >= 0.3 is 6.03 Å². The number of rotatable bonds is 4. The molecule has 134 valence electrons. The van der Waals surface area contributed by atoms with Gasteiger partial charge in [-0.15, -0.1) is 0 Å². The van der Waals surface area contributed by atoms with Gasteiger partial charge in [0.05, 0.1) is 12.0 Å². The minimum Gasteiger partial charge on any atom is -0.461 e. The third kappa shape index (κ3) is 3.69. The minimum absolute atomic E-state index is 0.372. The first kappa shape index (κ1) is 16.5. The van der Waals surface area contributed by atoms with E-state index in [-0.39, 0.29) is 5.82 Å². The number of furan rings is 1. The van der Waals surface area contributed by atoms with Crippen LogP contribution in [0.2, 0.25) is 0 Å². The van der Waals surface area contributed by atoms with Crippen molar-refractivity contribution >= 4 is 17.4 Å². The van der Waals surface area contributed by atoms with E-state index >= 15 is 0 Å². The van der Waals surface area contributed by atoms with Crippen LogP contribution in [0.25, 0.3) is 23.0 Å². The third-order valence-electron chi connectivity index (χ3n) is 3.76. The fourth-order valence-electron chi connectivity index (χ4n) is 2.51. The normalized spacial score (nSPS) is 10.6. The van der Waals surface area contributed by atoms with Crippen LogP contribution in [-0.4, -0.2) is 21.2 Å². The topological polar surface area (TPSA) is 95.8 Å². The van der Waals surface area contributed by atoms with Crippen molar-refractivity contribution in [3.05, 3.63) is 72.7 Å². The smallest absolute Gasteiger partial charge is 0.323 e. The van der Waals surface area contributed by atoms with Crippen molar-refractivity contribution < 1.29 is 13.6 Å². The lowest BCUT2D eigenvalue weighted by Gasteiger charge is -2.10. The van der Waals surface area contributed by atoms with Gasteiger partial charge in [-0.1, -0.05) is 12.1 Å². The van der Waals surface area contributed by atoms with Crippen LogP contribution in [0.5, 0.6) is 0 Å². The number of amides is 2. The molecule has 0 fully saturated rings. The Balaban J connectivity index is 1.54. The average Bonchev–Trinajstić information content (AvgIpc) is 3.35. The molecule has 0 atom stereocenters. The lowest BCUT2D eigenvalue weighted by atomic mass is 10.1. The molecule has 0 aliphatic carbocycles. The van der Waals surface area contributed by atoms with E-state index in [1.165, 1.54) is 24.3 Å². The summed E-state index contributed by atoms with van der Waals surface area (Å²) in [5.41, 5.74) is 1.65. The molecular formula is C19H14FN5O2. The highest BCUT2D eigenvalue weighted by Crippen LogP contribution is 2.27. The predicted molar refractivity (Wildman–Crippen MR) is 98.6 cm³/mol. The van der Waals surface area contributed by atoms with Gasteiger partial charge < -0.3 is 15.1 Å². The van der Waals surface area contributed by atoms with Crippen LogP contribution in [0, 0.1) is 5.82 Å². The SMILES string of the molecule is O=C(Nc1ccc(F)cc1)Nc1ccccc1-c1n[nH]c(-c2ccco2)n1. The number of aromatic nitrogens is 3. The van der Waals surface area contributed by atoms with Gasteiger partial charge in [0.25, 0.3) is 0 Å². The first-order chi connectivity index (χ1) is 13.2. The average molecular weight is 363 g/mol. The molecule has 0 aliphatic heterocycles. The number of hydrogen-bond acceptors (Lipinski definition) is 4. The lowest BCUT2D eigenvalue weighted by molar-refractivity contribution is 0.262. The number of urea groups is 1. The Morgan fingerprint density at radius 2 is 1.81 bits per heavy atom. The van der Waals surface area contributed by atoms with Crippen LogP contribution in [0.4, 0.5) is 20.6 Å². The highest BCUT2D eigenvalue weighted by atomic mass is 19.1. The molecule has 0 spiro atoms. The Labute approximate surface area is 153 Å². The molecule has 4 rings (SSSR count). The van der Waals surface area contributed by atoms with Crippen molar-refractivity contribution in [1.82, 2.24) is 15.2 Å². The molecule has 4 aromatic rings. The molecule has 27 heavy (non-hydrogen) atoms. The summed E-state index contributed by atoms with van der Waals surface area (Å²) in [5.74, 6) is 1.09. The van der Waals surface area contributed by atoms with E-state index in [0.717, 1.165) is 0 Å². The van der Waals surface area contributed by atoms with E-state index in [1.807, 2.05) is 6.07 Å². The van der Waals surface area contributed by atoms with Crippen LogP contribution >= 0.6 is 0 Å². The summed E-state index contributed by atoms with van der Waals surface area (Å²) in [7, 11) is 0. The second kappa shape index (κ2) is 7.12. The number of nitrogens with one attached hydrogen (secondary N) is 3. The van der Waals surface area contributed by atoms with Gasteiger partial charge in [0.15, 0.2) is 17.4 Å². The van der Waals surface area contributed by atoms with Gasteiger partial charge in [-0.2, -0.15) is 5.10 Å². The molecule has 2 amide bonds. The molecule has 0 unspecified atom stereocenters. The van der Waals surface area contributed by atoms with E-state index in [1.54, 1.807) is 36.6 Å². The molecule has 2 aromatic carbocycles. The van der Waals surface area contributed by atoms with Crippen LogP contribution in [0.1, 0.15) is 0 Å². The zero-order valence-corrected chi connectivity index (χ0v) is 13.9. The summed E-state index contributed by atoms with van der Waals surface area (Å²) in [6.45, 7) is 0. The maximum Gasteiger partial charge on any atom is 0.323 e. The van der Waals surface area contributed by atoms with Crippen LogP contribution in [0.3, 0.4) is 0 Å². The van der Waals surface area contributed by atoms with Crippen LogP contribution < -0.4 is 10.6 Å². The molecular weight excluding hydrogens is 349 g/mol. The number of halogens is 1. The third-order valence-corrected chi connectivity index (χ3v) is 3.76. The Morgan fingerprint density at radius 3 is 2.59 bits per heavy atom. The van der Waals surface area contributed by atoms with Gasteiger partial charge in [0, 0.05) is 11.3 Å². The Morgan fingerprint density at radius 1 is 1.00 bits per heavy atom. The summed E-state index contributed by atoms with van der Waals surface area (Å²) in [5, 5.41) is 12.4. The molecule has 0 saturated heterocycles. The summed E-state index contributed by atoms with van der Waals surface area (Å²) in [6.07, 6.45) is 1.55. The summed E-state index contributed by atoms with van der Waals surface area (Å²) in [6, 6.07) is 15.7. The predicted octanol–water partition coefficient (Wildman–Crippen LogP) is 4.51. The fourth-order valence-corrected chi connectivity index (χ4v) is 2.51.